The van der Waals surface area contributed by atoms with Gasteiger partial charge in [-0.15, -0.1) is 0 Å². The molecule has 0 amide bonds. The number of methoxy groups -OCH3 is 1. The number of carbonyl (C=O) groups excluding carboxylic acids is 1. The number of allylic oxidation sites excluding steroid dienone is 1. The molecule has 0 aromatic rings. The first-order valence-corrected chi connectivity index (χ1v) is 4.24. The fraction of sp³-hybridized carbons (Fsp3) is 0.556. The van der Waals surface area contributed by atoms with E-state index in [0.717, 1.165) is 0 Å². The van der Waals surface area contributed by atoms with Crippen molar-refractivity contribution in [3.63, 3.8) is 0 Å². The van der Waals surface area contributed by atoms with Crippen molar-refractivity contribution < 1.29 is 14.6 Å². The summed E-state index contributed by atoms with van der Waals surface area (Å²) in [6, 6.07) is 1.80. The second-order valence-electron chi connectivity index (χ2n) is 3.06. The number of aliphatic hydroxyl groups is 1. The summed E-state index contributed by atoms with van der Waals surface area (Å²) in [5.41, 5.74) is 0.526. The van der Waals surface area contributed by atoms with Gasteiger partial charge in [0.15, 0.2) is 5.57 Å². The van der Waals surface area contributed by atoms with Crippen molar-refractivity contribution in [2.75, 3.05) is 14.2 Å². The summed E-state index contributed by atoms with van der Waals surface area (Å²) in [6.45, 7) is 0. The Morgan fingerprint density at radius 3 is 2.79 bits per heavy atom. The zero-order valence-electron chi connectivity index (χ0n) is 8.15. The minimum Gasteiger partial charge on any atom is -0.465 e. The van der Waals surface area contributed by atoms with Crippen LogP contribution < -0.4 is 0 Å². The quantitative estimate of drug-likeness (QED) is 0.362. The molecule has 1 aliphatic rings. The van der Waals surface area contributed by atoms with Gasteiger partial charge in [0.25, 0.3) is 0 Å². The van der Waals surface area contributed by atoms with Gasteiger partial charge in [-0.2, -0.15) is 5.26 Å². The highest BCUT2D eigenvalue weighted by molar-refractivity contribution is 5.93. The summed E-state index contributed by atoms with van der Waals surface area (Å²) in [5, 5.41) is 18.2. The van der Waals surface area contributed by atoms with Gasteiger partial charge in [-0.25, -0.2) is 4.79 Å². The van der Waals surface area contributed by atoms with Crippen molar-refractivity contribution in [1.29, 1.82) is 5.26 Å². The summed E-state index contributed by atoms with van der Waals surface area (Å²) in [5.74, 6) is -0.650. The molecular formula is C9H12N2O3. The Hall–Kier alpha value is -1.54. The normalized spacial score (nSPS) is 24.4. The fourth-order valence-corrected chi connectivity index (χ4v) is 1.45. The molecule has 5 heteroatoms. The zero-order valence-corrected chi connectivity index (χ0v) is 8.15. The first-order chi connectivity index (χ1) is 6.61. The Morgan fingerprint density at radius 2 is 2.43 bits per heavy atom. The third-order valence-electron chi connectivity index (χ3n) is 2.30. The molecule has 0 saturated carbocycles. The van der Waals surface area contributed by atoms with E-state index in [0.29, 0.717) is 18.5 Å². The number of ether oxygens (including phenoxy) is 1. The molecule has 0 bridgehead atoms. The van der Waals surface area contributed by atoms with E-state index in [4.69, 9.17) is 5.26 Å². The molecule has 0 radical (unpaired) electrons. The van der Waals surface area contributed by atoms with E-state index in [1.807, 2.05) is 0 Å². The molecule has 76 valence electrons. The van der Waals surface area contributed by atoms with E-state index < -0.39 is 12.2 Å². The summed E-state index contributed by atoms with van der Waals surface area (Å²) in [6.07, 6.45) is 0.446. The van der Waals surface area contributed by atoms with Crippen LogP contribution in [-0.2, 0) is 9.53 Å². The molecule has 0 spiro atoms. The largest absolute Gasteiger partial charge is 0.465 e. The van der Waals surface area contributed by atoms with Gasteiger partial charge in [-0.1, -0.05) is 0 Å². The molecule has 5 nitrogen and oxygen atoms in total. The van der Waals surface area contributed by atoms with Crippen LogP contribution in [-0.4, -0.2) is 36.4 Å². The summed E-state index contributed by atoms with van der Waals surface area (Å²) in [4.78, 5) is 12.7. The van der Waals surface area contributed by atoms with Crippen LogP contribution in [0.15, 0.2) is 11.3 Å². The molecule has 1 aliphatic heterocycles. The number of carbonyl (C=O) groups is 1. The third kappa shape index (κ3) is 1.70. The smallest absolute Gasteiger partial charge is 0.350 e. The van der Waals surface area contributed by atoms with Crippen LogP contribution in [0.3, 0.4) is 0 Å². The van der Waals surface area contributed by atoms with Crippen LogP contribution in [0.1, 0.15) is 12.8 Å². The van der Waals surface area contributed by atoms with E-state index in [9.17, 15) is 9.90 Å². The number of nitriles is 1. The predicted molar refractivity (Wildman–Crippen MR) is 47.7 cm³/mol. The topological polar surface area (TPSA) is 73.6 Å². The average molecular weight is 196 g/mol. The highest BCUT2D eigenvalue weighted by atomic mass is 16.5. The van der Waals surface area contributed by atoms with Crippen LogP contribution in [0.4, 0.5) is 0 Å². The van der Waals surface area contributed by atoms with Gasteiger partial charge in [0.05, 0.1) is 7.11 Å². The first-order valence-electron chi connectivity index (χ1n) is 4.24. The van der Waals surface area contributed by atoms with Crippen LogP contribution in [0.2, 0.25) is 0 Å². The second-order valence-corrected chi connectivity index (χ2v) is 3.06. The lowest BCUT2D eigenvalue weighted by Gasteiger charge is -2.18. The number of likely N-dealkylation sites (tertiary alicyclic amines) is 1. The summed E-state index contributed by atoms with van der Waals surface area (Å²) >= 11 is 0. The van der Waals surface area contributed by atoms with Crippen molar-refractivity contribution in [3.05, 3.63) is 11.3 Å². The van der Waals surface area contributed by atoms with E-state index in [2.05, 4.69) is 4.74 Å². The molecule has 1 atom stereocenters. The third-order valence-corrected chi connectivity index (χ3v) is 2.30. The van der Waals surface area contributed by atoms with E-state index in [1.54, 1.807) is 13.1 Å². The molecule has 0 aliphatic carbocycles. The Morgan fingerprint density at radius 1 is 1.79 bits per heavy atom. The highest BCUT2D eigenvalue weighted by Gasteiger charge is 2.28. The van der Waals surface area contributed by atoms with Gasteiger partial charge in [0.1, 0.15) is 12.3 Å². The van der Waals surface area contributed by atoms with Gasteiger partial charge in [-0.3, -0.25) is 0 Å². The van der Waals surface area contributed by atoms with Gasteiger partial charge in [0.2, 0.25) is 0 Å². The van der Waals surface area contributed by atoms with E-state index in [-0.39, 0.29) is 5.57 Å². The lowest BCUT2D eigenvalue weighted by Crippen LogP contribution is -2.24. The van der Waals surface area contributed by atoms with Crippen molar-refractivity contribution in [1.82, 2.24) is 4.90 Å². The Labute approximate surface area is 82.2 Å². The Bertz CT molecular complexity index is 317. The van der Waals surface area contributed by atoms with Gasteiger partial charge >= 0.3 is 5.97 Å². The van der Waals surface area contributed by atoms with Gasteiger partial charge in [0, 0.05) is 12.7 Å². The van der Waals surface area contributed by atoms with Gasteiger partial charge < -0.3 is 14.7 Å². The van der Waals surface area contributed by atoms with Crippen molar-refractivity contribution >= 4 is 5.97 Å². The number of hydrogen-bond donors (Lipinski definition) is 1. The number of hydrogen-bond acceptors (Lipinski definition) is 5. The standard InChI is InChI=1S/C9H12N2O3/c1-11-7(3-4-8(11)12)6(5-10)9(13)14-2/h8,12H,3-4H2,1-2H3/b7-6-. The molecule has 1 fully saturated rings. The summed E-state index contributed by atoms with van der Waals surface area (Å²) < 4.78 is 4.47. The van der Waals surface area contributed by atoms with E-state index >= 15 is 0 Å². The maximum atomic E-state index is 11.2. The number of nitrogens with zero attached hydrogens (tertiary/aromatic N) is 2. The lowest BCUT2D eigenvalue weighted by atomic mass is 10.2. The van der Waals surface area contributed by atoms with Crippen LogP contribution in [0.25, 0.3) is 0 Å². The van der Waals surface area contributed by atoms with Crippen LogP contribution in [0, 0.1) is 11.3 Å². The number of esters is 1. The maximum absolute atomic E-state index is 11.2. The van der Waals surface area contributed by atoms with Gasteiger partial charge in [-0.05, 0) is 12.8 Å². The molecule has 0 aromatic heterocycles. The summed E-state index contributed by atoms with van der Waals surface area (Å²) in [7, 11) is 2.87. The molecular weight excluding hydrogens is 184 g/mol. The average Bonchev–Trinajstić information content (AvgIpc) is 2.50. The van der Waals surface area contributed by atoms with Crippen LogP contribution in [0.5, 0.6) is 0 Å². The SMILES string of the molecule is COC(=O)/C(C#N)=C1/CCC(O)N1C. The molecule has 1 heterocycles. The van der Waals surface area contributed by atoms with E-state index in [1.165, 1.54) is 12.0 Å². The predicted octanol–water partition coefficient (Wildman–Crippen LogP) is -0.0189. The monoisotopic (exact) mass is 196 g/mol. The highest BCUT2D eigenvalue weighted by Crippen LogP contribution is 2.26. The molecule has 1 saturated heterocycles. The fourth-order valence-electron chi connectivity index (χ4n) is 1.45. The maximum Gasteiger partial charge on any atom is 0.350 e. The zero-order chi connectivity index (χ0) is 10.7. The minimum atomic E-state index is -0.650. The Kier molecular flexibility index (Phi) is 3.10. The Balaban J connectivity index is 3.02. The second kappa shape index (κ2) is 4.11. The number of aliphatic hydroxyl groups excluding tert-OH is 1. The van der Waals surface area contributed by atoms with Crippen molar-refractivity contribution in [3.8, 4) is 6.07 Å². The number of rotatable bonds is 1. The molecule has 1 rings (SSSR count). The molecule has 14 heavy (non-hydrogen) atoms. The minimum absolute atomic E-state index is 0.0217. The van der Waals surface area contributed by atoms with Crippen molar-refractivity contribution in [2.24, 2.45) is 0 Å². The molecule has 1 N–H and O–H groups in total. The first kappa shape index (κ1) is 10.5. The lowest BCUT2D eigenvalue weighted by molar-refractivity contribution is -0.135. The molecule has 0 aromatic carbocycles. The van der Waals surface area contributed by atoms with Crippen LogP contribution >= 0.6 is 0 Å². The van der Waals surface area contributed by atoms with Crippen molar-refractivity contribution in [2.45, 2.75) is 19.1 Å². The molecule has 1 unspecified atom stereocenters.